The van der Waals surface area contributed by atoms with Gasteiger partial charge in [0.15, 0.2) is 5.03 Å². The van der Waals surface area contributed by atoms with Crippen LogP contribution >= 0.6 is 0 Å². The molecule has 0 bridgehead atoms. The van der Waals surface area contributed by atoms with E-state index in [1.54, 1.807) is 0 Å². The van der Waals surface area contributed by atoms with Crippen LogP contribution in [0.25, 0.3) is 0 Å². The maximum absolute atomic E-state index is 14.6. The third-order valence-corrected chi connectivity index (χ3v) is 6.94. The Kier molecular flexibility index (Phi) is 6.05. The number of nitrogens with zero attached hydrogens (tertiary/aromatic N) is 3. The van der Waals surface area contributed by atoms with Crippen molar-refractivity contribution < 1.29 is 30.8 Å². The number of anilines is 2. The normalized spacial score (nSPS) is 21.6. The lowest BCUT2D eigenvalue weighted by molar-refractivity contribution is -0.0652. The van der Waals surface area contributed by atoms with Gasteiger partial charge in [0.25, 0.3) is 27.8 Å². The summed E-state index contributed by atoms with van der Waals surface area (Å²) >= 11 is 0. The van der Waals surface area contributed by atoms with Gasteiger partial charge in [-0.3, -0.25) is 4.79 Å². The van der Waals surface area contributed by atoms with E-state index >= 15 is 0 Å². The number of rotatable bonds is 4. The molecule has 2 aliphatic rings. The molecule has 0 saturated carbocycles. The van der Waals surface area contributed by atoms with Gasteiger partial charge >= 0.3 is 0 Å². The molecule has 0 aromatic carbocycles. The number of aromatic nitrogens is 2. The molecule has 0 spiro atoms. The van der Waals surface area contributed by atoms with Crippen LogP contribution < -0.4 is 15.4 Å². The Morgan fingerprint density at radius 3 is 2.65 bits per heavy atom. The Labute approximate surface area is 193 Å². The summed E-state index contributed by atoms with van der Waals surface area (Å²) in [5.74, 6) is -7.91. The summed E-state index contributed by atoms with van der Waals surface area (Å²) in [6.45, 7) is 1.16. The molecule has 1 saturated heterocycles. The molecule has 1 fully saturated rings. The lowest BCUT2D eigenvalue weighted by atomic mass is 9.90. The number of sulfonamides is 1. The van der Waals surface area contributed by atoms with Crippen molar-refractivity contribution in [2.45, 2.75) is 49.5 Å². The lowest BCUT2D eigenvalue weighted by Crippen LogP contribution is -2.47. The molecule has 3 heterocycles. The van der Waals surface area contributed by atoms with Crippen LogP contribution in [0.15, 0.2) is 29.4 Å². The Hall–Kier alpha value is -2.80. The molecule has 34 heavy (non-hydrogen) atoms. The van der Waals surface area contributed by atoms with Crippen molar-refractivity contribution in [2.75, 3.05) is 23.3 Å². The third-order valence-electron chi connectivity index (χ3n) is 6.14. The maximum atomic E-state index is 14.6. The van der Waals surface area contributed by atoms with E-state index in [0.717, 1.165) is 18.3 Å². The van der Waals surface area contributed by atoms with Gasteiger partial charge in [0.2, 0.25) is 0 Å². The Morgan fingerprint density at radius 1 is 1.24 bits per heavy atom. The minimum absolute atomic E-state index is 0.0120. The molecule has 4 rings (SSSR count). The molecular formula is C21H23F4N5O3S. The van der Waals surface area contributed by atoms with Crippen LogP contribution in [-0.2, 0) is 22.4 Å². The second-order valence-electron chi connectivity index (χ2n) is 8.65. The van der Waals surface area contributed by atoms with Crippen molar-refractivity contribution in [1.29, 1.82) is 0 Å². The highest BCUT2D eigenvalue weighted by molar-refractivity contribution is 7.89. The zero-order valence-corrected chi connectivity index (χ0v) is 19.0. The van der Waals surface area contributed by atoms with E-state index in [0.29, 0.717) is 0 Å². The number of nitrogens with one attached hydrogen (secondary N) is 1. The number of halogens is 4. The zero-order valence-electron chi connectivity index (χ0n) is 18.2. The van der Waals surface area contributed by atoms with Gasteiger partial charge in [-0.05, 0) is 25.0 Å². The lowest BCUT2D eigenvalue weighted by Gasteiger charge is -2.38. The van der Waals surface area contributed by atoms with Crippen LogP contribution in [0.4, 0.5) is 29.1 Å². The molecule has 0 radical (unpaired) electrons. The number of carbonyl (C=O) groups is 1. The fourth-order valence-electron chi connectivity index (χ4n) is 4.19. The summed E-state index contributed by atoms with van der Waals surface area (Å²) in [7, 11) is -4.15. The topological polar surface area (TPSA) is 118 Å². The Balaban J connectivity index is 1.75. The minimum atomic E-state index is -4.15. The van der Waals surface area contributed by atoms with Gasteiger partial charge in [-0.2, -0.15) is 0 Å². The summed E-state index contributed by atoms with van der Waals surface area (Å²) < 4.78 is 80.5. The van der Waals surface area contributed by atoms with Crippen molar-refractivity contribution >= 4 is 27.4 Å². The average Bonchev–Trinajstić information content (AvgIpc) is 2.74. The molecule has 1 unspecified atom stereocenters. The van der Waals surface area contributed by atoms with E-state index in [9.17, 15) is 30.8 Å². The second kappa shape index (κ2) is 8.45. The van der Waals surface area contributed by atoms with E-state index in [1.165, 1.54) is 17.9 Å². The van der Waals surface area contributed by atoms with Crippen LogP contribution in [0.3, 0.4) is 0 Å². The third kappa shape index (κ3) is 4.71. The number of piperidine rings is 1. The molecule has 1 atom stereocenters. The highest BCUT2D eigenvalue weighted by Crippen LogP contribution is 2.42. The van der Waals surface area contributed by atoms with Crippen molar-refractivity contribution in [2.24, 2.45) is 11.1 Å². The number of hydrogen-bond donors (Lipinski definition) is 2. The van der Waals surface area contributed by atoms with E-state index in [-0.39, 0.29) is 54.3 Å². The molecule has 184 valence electrons. The molecule has 3 N–H and O–H groups in total. The molecule has 2 aromatic rings. The standard InChI is InChI=1S/C21H23F4N5O3S/c1-12-11-30(8-6-20(12,22)23)18-14(10-15-16(29-18)3-2-5-21(15,24)25)19(31)28-13-4-7-27-17(9-13)34(26,32)33/h4,7,9-10,12H,2-3,5-6,8,11H2,1H3,(H2,26,32,33)(H,27,28,31). The minimum Gasteiger partial charge on any atom is -0.355 e. The van der Waals surface area contributed by atoms with Gasteiger partial charge in [0, 0.05) is 55.4 Å². The van der Waals surface area contributed by atoms with Crippen LogP contribution in [0.1, 0.15) is 47.8 Å². The summed E-state index contributed by atoms with van der Waals surface area (Å²) in [4.78, 5) is 22.7. The number of amides is 1. The summed E-state index contributed by atoms with van der Waals surface area (Å²) in [6.07, 6.45) is 0.745. The highest BCUT2D eigenvalue weighted by atomic mass is 32.2. The molecular weight excluding hydrogens is 478 g/mol. The molecule has 1 aliphatic heterocycles. The van der Waals surface area contributed by atoms with Gasteiger partial charge in [-0.15, -0.1) is 0 Å². The molecule has 8 nitrogen and oxygen atoms in total. The fraction of sp³-hybridized carbons (Fsp3) is 0.476. The number of alkyl halides is 4. The van der Waals surface area contributed by atoms with Gasteiger partial charge < -0.3 is 10.2 Å². The average molecular weight is 502 g/mol. The second-order valence-corrected chi connectivity index (χ2v) is 10.2. The van der Waals surface area contributed by atoms with Crippen LogP contribution in [0.5, 0.6) is 0 Å². The first kappa shape index (κ1) is 24.3. The molecule has 13 heteroatoms. The van der Waals surface area contributed by atoms with E-state index in [2.05, 4.69) is 15.3 Å². The van der Waals surface area contributed by atoms with Crippen LogP contribution in [0, 0.1) is 5.92 Å². The van der Waals surface area contributed by atoms with Crippen molar-refractivity contribution in [3.8, 4) is 0 Å². The van der Waals surface area contributed by atoms with Crippen molar-refractivity contribution in [3.05, 3.63) is 41.2 Å². The van der Waals surface area contributed by atoms with E-state index < -0.39 is 51.6 Å². The predicted octanol–water partition coefficient (Wildman–Crippen LogP) is 3.29. The largest absolute Gasteiger partial charge is 0.355 e. The number of nitrogens with two attached hydrogens (primary N) is 1. The van der Waals surface area contributed by atoms with Gasteiger partial charge in [-0.25, -0.2) is 41.1 Å². The van der Waals surface area contributed by atoms with Crippen molar-refractivity contribution in [1.82, 2.24) is 9.97 Å². The van der Waals surface area contributed by atoms with Crippen molar-refractivity contribution in [3.63, 3.8) is 0 Å². The monoisotopic (exact) mass is 501 g/mol. The highest BCUT2D eigenvalue weighted by Gasteiger charge is 2.43. The molecule has 1 aliphatic carbocycles. The predicted molar refractivity (Wildman–Crippen MR) is 116 cm³/mol. The SMILES string of the molecule is CC1CN(c2nc3c(cc2C(=O)Nc2ccnc(S(N)(=O)=O)c2)C(F)(F)CCC3)CCC1(F)F. The van der Waals surface area contributed by atoms with Gasteiger partial charge in [0.05, 0.1) is 11.3 Å². The summed E-state index contributed by atoms with van der Waals surface area (Å²) in [5.41, 5.74) is -0.444. The fourth-order valence-corrected chi connectivity index (χ4v) is 4.69. The Bertz CT molecular complexity index is 1240. The Morgan fingerprint density at radius 2 is 1.97 bits per heavy atom. The number of primary sulfonamides is 1. The number of hydrogen-bond acceptors (Lipinski definition) is 6. The molecule has 1 amide bonds. The van der Waals surface area contributed by atoms with Crippen LogP contribution in [-0.4, -0.2) is 43.3 Å². The number of aryl methyl sites for hydroxylation is 1. The molecule has 2 aromatic heterocycles. The van der Waals surface area contributed by atoms with Gasteiger partial charge in [0.1, 0.15) is 5.82 Å². The van der Waals surface area contributed by atoms with Gasteiger partial charge in [-0.1, -0.05) is 6.92 Å². The first-order chi connectivity index (χ1) is 15.8. The zero-order chi connectivity index (χ0) is 24.9. The van der Waals surface area contributed by atoms with Crippen LogP contribution in [0.2, 0.25) is 0 Å². The quantitative estimate of drug-likeness (QED) is 0.621. The summed E-state index contributed by atoms with van der Waals surface area (Å²) in [6, 6.07) is 3.39. The van der Waals surface area contributed by atoms with E-state index in [4.69, 9.17) is 5.14 Å². The number of pyridine rings is 2. The maximum Gasteiger partial charge on any atom is 0.275 e. The number of fused-ring (bicyclic) bond motifs is 1. The summed E-state index contributed by atoms with van der Waals surface area (Å²) in [5, 5.41) is 7.03. The first-order valence-corrected chi connectivity index (χ1v) is 12.2. The number of carbonyl (C=O) groups excluding carboxylic acids is 1. The smallest absolute Gasteiger partial charge is 0.275 e. The van der Waals surface area contributed by atoms with E-state index in [1.807, 2.05) is 0 Å². The first-order valence-electron chi connectivity index (χ1n) is 10.6.